The third-order valence-electron chi connectivity index (χ3n) is 5.21. The van der Waals surface area contributed by atoms with E-state index >= 15 is 0 Å². The molecule has 0 radical (unpaired) electrons. The van der Waals surface area contributed by atoms with Gasteiger partial charge in [-0.25, -0.2) is 0 Å². The van der Waals surface area contributed by atoms with Crippen molar-refractivity contribution in [1.82, 2.24) is 0 Å². The van der Waals surface area contributed by atoms with Gasteiger partial charge in [0, 0.05) is 44.8 Å². The van der Waals surface area contributed by atoms with Crippen molar-refractivity contribution in [3.63, 3.8) is 0 Å². The molecule has 1 aromatic carbocycles. The van der Waals surface area contributed by atoms with Crippen molar-refractivity contribution < 1.29 is 13.3 Å². The number of rotatable bonds is 16. The van der Waals surface area contributed by atoms with Gasteiger partial charge in [-0.3, -0.25) is 9.98 Å². The van der Waals surface area contributed by atoms with Crippen LogP contribution in [-0.4, -0.2) is 61.7 Å². The van der Waals surface area contributed by atoms with E-state index in [4.69, 9.17) is 18.3 Å². The summed E-state index contributed by atoms with van der Waals surface area (Å²) in [6, 6.07) is 10.6. The van der Waals surface area contributed by atoms with Crippen LogP contribution in [0.5, 0.6) is 0 Å². The smallest absolute Gasteiger partial charge is 0.334 e. The number of benzene rings is 1. The third kappa shape index (κ3) is 11.9. The maximum absolute atomic E-state index is 5.89. The van der Waals surface area contributed by atoms with Crippen LogP contribution in [0.25, 0.3) is 0 Å². The van der Waals surface area contributed by atoms with Gasteiger partial charge in [0.15, 0.2) is 8.32 Å². The van der Waals surface area contributed by atoms with Crippen molar-refractivity contribution in [3.8, 4) is 0 Å². The summed E-state index contributed by atoms with van der Waals surface area (Å²) in [6.07, 6.45) is 4.04. The van der Waals surface area contributed by atoms with Gasteiger partial charge in [-0.15, -0.1) is 0 Å². The highest BCUT2D eigenvalue weighted by Gasteiger charge is 2.29. The van der Waals surface area contributed by atoms with Gasteiger partial charge in [0.2, 0.25) is 0 Å². The molecule has 31 heavy (non-hydrogen) atoms. The van der Waals surface area contributed by atoms with E-state index in [0.717, 1.165) is 55.9 Å². The normalized spacial score (nSPS) is 13.3. The largest absolute Gasteiger partial charge is 0.418 e. The molecule has 1 rings (SSSR count). The number of nitrogens with zero attached hydrogens (tertiary/aromatic N) is 2. The van der Waals surface area contributed by atoms with Crippen LogP contribution in [-0.2, 0) is 13.3 Å². The molecule has 7 heteroatoms. The first kappa shape index (κ1) is 27.9. The average Bonchev–Trinajstić information content (AvgIpc) is 2.71. The molecule has 5 nitrogen and oxygen atoms in total. The topological polar surface area (TPSA) is 52.4 Å². The molecule has 0 heterocycles. The van der Waals surface area contributed by atoms with Crippen LogP contribution in [0.3, 0.4) is 0 Å². The predicted octanol–water partition coefficient (Wildman–Crippen LogP) is 6.08. The molecular weight excluding hydrogens is 420 g/mol. The second-order valence-corrected chi connectivity index (χ2v) is 16.2. The Morgan fingerprint density at radius 1 is 0.839 bits per heavy atom. The summed E-state index contributed by atoms with van der Waals surface area (Å²) >= 11 is 0. The molecule has 0 aliphatic carbocycles. The molecule has 0 N–H and O–H groups in total. The van der Waals surface area contributed by atoms with E-state index in [1.807, 2.05) is 20.1 Å². The standard InChI is InChI=1S/C24H44N2O3Si2/c1-8-27-30(5,6)19-12-18-26-22(4)24-15-13-23(14-16-24)21-25-17-11-20-31(7,28-9-2)29-10-3/h13-16,21H,8-12,17-20H2,1-7H3/b25-21+,26-22+. The number of hydrogen-bond donors (Lipinski definition) is 0. The van der Waals surface area contributed by atoms with Crippen molar-refractivity contribution in [2.45, 2.75) is 72.3 Å². The molecule has 1 aromatic rings. The lowest BCUT2D eigenvalue weighted by molar-refractivity contribution is 0.188. The Labute approximate surface area is 192 Å². The first-order chi connectivity index (χ1) is 14.7. The molecule has 0 amide bonds. The summed E-state index contributed by atoms with van der Waals surface area (Å²) in [7, 11) is -3.52. The summed E-state index contributed by atoms with van der Waals surface area (Å²) in [6.45, 7) is 18.9. The first-order valence-corrected chi connectivity index (χ1v) is 17.4. The first-order valence-electron chi connectivity index (χ1n) is 11.8. The van der Waals surface area contributed by atoms with Crippen molar-refractivity contribution in [3.05, 3.63) is 35.4 Å². The number of aliphatic imine (C=N–C) groups is 2. The van der Waals surface area contributed by atoms with Crippen LogP contribution in [0, 0.1) is 0 Å². The van der Waals surface area contributed by atoms with Crippen LogP contribution in [0.4, 0.5) is 0 Å². The Hall–Kier alpha value is -1.13. The second kappa shape index (κ2) is 14.8. The predicted molar refractivity (Wildman–Crippen MR) is 139 cm³/mol. The van der Waals surface area contributed by atoms with Gasteiger partial charge in [-0.05, 0) is 83.4 Å². The van der Waals surface area contributed by atoms with Gasteiger partial charge in [0.1, 0.15) is 0 Å². The highest BCUT2D eigenvalue weighted by atomic mass is 28.4. The fourth-order valence-corrected chi connectivity index (χ4v) is 7.90. The van der Waals surface area contributed by atoms with Gasteiger partial charge >= 0.3 is 8.56 Å². The molecule has 0 aliphatic heterocycles. The number of hydrogen-bond acceptors (Lipinski definition) is 5. The van der Waals surface area contributed by atoms with Gasteiger partial charge in [0.05, 0.1) is 0 Å². The zero-order chi connectivity index (χ0) is 23.2. The van der Waals surface area contributed by atoms with Crippen molar-refractivity contribution in [2.75, 3.05) is 32.9 Å². The molecule has 0 aliphatic rings. The molecule has 0 aromatic heterocycles. The molecule has 0 atom stereocenters. The molecular formula is C24H44N2O3Si2. The molecule has 0 fully saturated rings. The van der Waals surface area contributed by atoms with Crippen LogP contribution >= 0.6 is 0 Å². The van der Waals surface area contributed by atoms with Gasteiger partial charge < -0.3 is 13.3 Å². The van der Waals surface area contributed by atoms with E-state index in [1.165, 1.54) is 5.56 Å². The summed E-state index contributed by atoms with van der Waals surface area (Å²) in [4.78, 5) is 9.34. The van der Waals surface area contributed by atoms with E-state index in [1.54, 1.807) is 0 Å². The highest BCUT2D eigenvalue weighted by Crippen LogP contribution is 2.16. The zero-order valence-electron chi connectivity index (χ0n) is 20.9. The van der Waals surface area contributed by atoms with Gasteiger partial charge in [0.25, 0.3) is 0 Å². The lowest BCUT2D eigenvalue weighted by Crippen LogP contribution is -2.38. The van der Waals surface area contributed by atoms with Gasteiger partial charge in [-0.1, -0.05) is 24.3 Å². The van der Waals surface area contributed by atoms with Crippen molar-refractivity contribution in [1.29, 1.82) is 0 Å². The minimum absolute atomic E-state index is 0.716. The van der Waals surface area contributed by atoms with Crippen LogP contribution < -0.4 is 0 Å². The Morgan fingerprint density at radius 3 is 2.00 bits per heavy atom. The fraction of sp³-hybridized carbons (Fsp3) is 0.667. The van der Waals surface area contributed by atoms with E-state index in [2.05, 4.69) is 62.7 Å². The Balaban J connectivity index is 2.45. The molecule has 176 valence electrons. The highest BCUT2D eigenvalue weighted by molar-refractivity contribution is 6.71. The van der Waals surface area contributed by atoms with Crippen molar-refractivity contribution >= 4 is 28.8 Å². The summed E-state index contributed by atoms with van der Waals surface area (Å²) < 4.78 is 17.7. The molecule has 0 unspecified atom stereocenters. The molecule has 0 saturated heterocycles. The maximum atomic E-state index is 5.89. The second-order valence-electron chi connectivity index (χ2n) is 8.52. The van der Waals surface area contributed by atoms with Crippen LogP contribution in [0.15, 0.2) is 34.3 Å². The van der Waals surface area contributed by atoms with E-state index < -0.39 is 16.9 Å². The SMILES string of the molecule is CCO[Si](C)(C)CCC/N=C(\C)c1ccc(/C=N/CCC[Si](C)(OCC)OCC)cc1. The Kier molecular flexibility index (Phi) is 13.4. The van der Waals surface area contributed by atoms with Crippen LogP contribution in [0.2, 0.25) is 31.7 Å². The summed E-state index contributed by atoms with van der Waals surface area (Å²) in [5.74, 6) is 0. The third-order valence-corrected chi connectivity index (χ3v) is 10.9. The average molecular weight is 465 g/mol. The van der Waals surface area contributed by atoms with E-state index in [-0.39, 0.29) is 0 Å². The van der Waals surface area contributed by atoms with E-state index in [0.29, 0.717) is 13.2 Å². The summed E-state index contributed by atoms with van der Waals surface area (Å²) in [5.41, 5.74) is 3.39. The molecule has 0 saturated carbocycles. The van der Waals surface area contributed by atoms with Crippen molar-refractivity contribution in [2.24, 2.45) is 9.98 Å². The lowest BCUT2D eigenvalue weighted by atomic mass is 10.1. The quantitative estimate of drug-likeness (QED) is 0.169. The lowest BCUT2D eigenvalue weighted by Gasteiger charge is -2.25. The maximum Gasteiger partial charge on any atom is 0.334 e. The Bertz CT molecular complexity index is 670. The summed E-state index contributed by atoms with van der Waals surface area (Å²) in [5, 5.41) is 0. The van der Waals surface area contributed by atoms with Gasteiger partial charge in [-0.2, -0.15) is 0 Å². The van der Waals surface area contributed by atoms with E-state index in [9.17, 15) is 0 Å². The fourth-order valence-electron chi connectivity index (χ4n) is 3.57. The molecule has 0 bridgehead atoms. The minimum atomic E-state index is -2.02. The zero-order valence-corrected chi connectivity index (χ0v) is 22.9. The Morgan fingerprint density at radius 2 is 1.42 bits per heavy atom. The monoisotopic (exact) mass is 464 g/mol. The van der Waals surface area contributed by atoms with Crippen LogP contribution in [0.1, 0.15) is 51.7 Å². The molecule has 0 spiro atoms. The minimum Gasteiger partial charge on any atom is -0.418 e.